The van der Waals surface area contributed by atoms with Gasteiger partial charge in [0, 0.05) is 18.7 Å². The van der Waals surface area contributed by atoms with Gasteiger partial charge in [-0.3, -0.25) is 4.90 Å². The largest absolute Gasteiger partial charge is 0.393 e. The summed E-state index contributed by atoms with van der Waals surface area (Å²) in [6, 6.07) is 7.44. The normalized spacial score (nSPS) is 23.4. The van der Waals surface area contributed by atoms with E-state index in [-0.39, 0.29) is 12.0 Å². The zero-order valence-electron chi connectivity index (χ0n) is 11.9. The molecule has 0 bridgehead atoms. The highest BCUT2D eigenvalue weighted by atomic mass is 35.5. The van der Waals surface area contributed by atoms with Crippen LogP contribution in [0.1, 0.15) is 19.2 Å². The van der Waals surface area contributed by atoms with Gasteiger partial charge in [-0.25, -0.2) is 0 Å². The Bertz CT molecular complexity index is 616. The zero-order chi connectivity index (χ0) is 14.8. The molecule has 2 aromatic rings. The second kappa shape index (κ2) is 6.13. The van der Waals surface area contributed by atoms with Gasteiger partial charge in [0.25, 0.3) is 0 Å². The maximum Gasteiger partial charge on any atom is 0.241 e. The Kier molecular flexibility index (Phi) is 4.24. The summed E-state index contributed by atoms with van der Waals surface area (Å²) in [7, 11) is 0. The standard InChI is InChI=1S/C15H18ClN3O2/c1-10-8-19(7-6-13(10)20)9-14-17-15(18-21-14)11-4-2-3-5-12(11)16/h2-5,10,13,20H,6-9H2,1H3. The minimum absolute atomic E-state index is 0.206. The van der Waals surface area contributed by atoms with Crippen LogP contribution in [0.25, 0.3) is 11.4 Å². The van der Waals surface area contributed by atoms with Crippen LogP contribution in [-0.2, 0) is 6.54 Å². The molecule has 1 aliphatic rings. The molecule has 2 heterocycles. The van der Waals surface area contributed by atoms with E-state index in [9.17, 15) is 5.11 Å². The Hall–Kier alpha value is -1.43. The second-order valence-electron chi connectivity index (χ2n) is 5.56. The number of piperidine rings is 1. The number of likely N-dealkylation sites (tertiary alicyclic amines) is 1. The van der Waals surface area contributed by atoms with E-state index in [1.807, 2.05) is 18.2 Å². The maximum absolute atomic E-state index is 9.75. The number of hydrogen-bond acceptors (Lipinski definition) is 5. The Morgan fingerprint density at radius 3 is 3.00 bits per heavy atom. The van der Waals surface area contributed by atoms with Crippen LogP contribution in [0.4, 0.5) is 0 Å². The first-order chi connectivity index (χ1) is 10.1. The van der Waals surface area contributed by atoms with Crippen LogP contribution in [0.3, 0.4) is 0 Å². The first-order valence-corrected chi connectivity index (χ1v) is 7.49. The molecule has 2 atom stereocenters. The third-order valence-electron chi connectivity index (χ3n) is 3.89. The lowest BCUT2D eigenvalue weighted by Gasteiger charge is -2.33. The average Bonchev–Trinajstić information content (AvgIpc) is 2.92. The topological polar surface area (TPSA) is 62.4 Å². The van der Waals surface area contributed by atoms with Gasteiger partial charge in [-0.1, -0.05) is 35.8 Å². The first kappa shape index (κ1) is 14.5. The van der Waals surface area contributed by atoms with Crippen LogP contribution in [0, 0.1) is 5.92 Å². The Balaban J connectivity index is 1.70. The number of aliphatic hydroxyl groups excluding tert-OH is 1. The number of rotatable bonds is 3. The molecule has 1 N–H and O–H groups in total. The van der Waals surface area contributed by atoms with Gasteiger partial charge in [-0.2, -0.15) is 4.98 Å². The minimum Gasteiger partial charge on any atom is -0.393 e. The highest BCUT2D eigenvalue weighted by Gasteiger charge is 2.25. The number of halogens is 1. The summed E-state index contributed by atoms with van der Waals surface area (Å²) in [4.78, 5) is 6.64. The smallest absolute Gasteiger partial charge is 0.241 e. The van der Waals surface area contributed by atoms with Gasteiger partial charge in [0.05, 0.1) is 17.7 Å². The van der Waals surface area contributed by atoms with E-state index in [1.165, 1.54) is 0 Å². The fraction of sp³-hybridized carbons (Fsp3) is 0.467. The predicted octanol–water partition coefficient (Wildman–Crippen LogP) is 2.59. The Morgan fingerprint density at radius 2 is 2.24 bits per heavy atom. The van der Waals surface area contributed by atoms with Gasteiger partial charge in [0.1, 0.15) is 0 Å². The van der Waals surface area contributed by atoms with E-state index < -0.39 is 0 Å². The number of nitrogens with zero attached hydrogens (tertiary/aromatic N) is 3. The molecule has 0 amide bonds. The number of benzene rings is 1. The van der Waals surface area contributed by atoms with Crippen molar-refractivity contribution in [2.75, 3.05) is 13.1 Å². The van der Waals surface area contributed by atoms with E-state index in [4.69, 9.17) is 16.1 Å². The van der Waals surface area contributed by atoms with Gasteiger partial charge >= 0.3 is 0 Å². The third kappa shape index (κ3) is 3.26. The molecule has 1 aliphatic heterocycles. The molecule has 2 unspecified atom stereocenters. The van der Waals surface area contributed by atoms with Gasteiger partial charge in [-0.15, -0.1) is 0 Å². The van der Waals surface area contributed by atoms with Gasteiger partial charge in [0.15, 0.2) is 0 Å². The molecule has 1 saturated heterocycles. The van der Waals surface area contributed by atoms with Crippen molar-refractivity contribution in [2.45, 2.75) is 26.0 Å². The molecule has 3 rings (SSSR count). The number of hydrogen-bond donors (Lipinski definition) is 1. The fourth-order valence-electron chi connectivity index (χ4n) is 2.63. The molecule has 0 spiro atoms. The molecule has 1 fully saturated rings. The molecule has 0 radical (unpaired) electrons. The Labute approximate surface area is 128 Å². The summed E-state index contributed by atoms with van der Waals surface area (Å²) in [6.07, 6.45) is 0.578. The highest BCUT2D eigenvalue weighted by molar-refractivity contribution is 6.33. The van der Waals surface area contributed by atoms with Crippen molar-refractivity contribution < 1.29 is 9.63 Å². The molecule has 1 aromatic carbocycles. The van der Waals surface area contributed by atoms with Crippen LogP contribution in [0.5, 0.6) is 0 Å². The summed E-state index contributed by atoms with van der Waals surface area (Å²) in [5, 5.41) is 14.4. The molecule has 0 saturated carbocycles. The van der Waals surface area contributed by atoms with Crippen LogP contribution in [-0.4, -0.2) is 39.3 Å². The minimum atomic E-state index is -0.206. The van der Waals surface area contributed by atoms with E-state index in [1.54, 1.807) is 6.07 Å². The van der Waals surface area contributed by atoms with Crippen molar-refractivity contribution in [3.8, 4) is 11.4 Å². The SMILES string of the molecule is CC1CN(Cc2nc(-c3ccccc3Cl)no2)CCC1O. The predicted molar refractivity (Wildman–Crippen MR) is 79.8 cm³/mol. The van der Waals surface area contributed by atoms with E-state index in [0.717, 1.165) is 25.1 Å². The summed E-state index contributed by atoms with van der Waals surface area (Å²) in [5.41, 5.74) is 0.775. The lowest BCUT2D eigenvalue weighted by molar-refractivity contribution is 0.0282. The monoisotopic (exact) mass is 307 g/mol. The highest BCUT2D eigenvalue weighted by Crippen LogP contribution is 2.25. The number of aliphatic hydroxyl groups is 1. The number of aromatic nitrogens is 2. The van der Waals surface area contributed by atoms with Gasteiger partial charge < -0.3 is 9.63 Å². The quantitative estimate of drug-likeness (QED) is 0.944. The molecule has 0 aliphatic carbocycles. The summed E-state index contributed by atoms with van der Waals surface area (Å²) < 4.78 is 5.31. The molecular weight excluding hydrogens is 290 g/mol. The molecule has 21 heavy (non-hydrogen) atoms. The van der Waals surface area contributed by atoms with Crippen molar-refractivity contribution in [3.63, 3.8) is 0 Å². The summed E-state index contributed by atoms with van der Waals surface area (Å²) >= 11 is 6.14. The lowest BCUT2D eigenvalue weighted by Crippen LogP contribution is -2.41. The lowest BCUT2D eigenvalue weighted by atomic mass is 9.97. The fourth-order valence-corrected chi connectivity index (χ4v) is 2.85. The molecule has 5 nitrogen and oxygen atoms in total. The average molecular weight is 308 g/mol. The summed E-state index contributed by atoms with van der Waals surface area (Å²) in [6.45, 7) is 4.34. The van der Waals surface area contributed by atoms with Crippen molar-refractivity contribution >= 4 is 11.6 Å². The molecule has 112 valence electrons. The maximum atomic E-state index is 9.75. The molecule has 1 aromatic heterocycles. The van der Waals surface area contributed by atoms with E-state index >= 15 is 0 Å². The van der Waals surface area contributed by atoms with Crippen molar-refractivity contribution in [2.24, 2.45) is 5.92 Å². The van der Waals surface area contributed by atoms with Crippen molar-refractivity contribution in [1.82, 2.24) is 15.0 Å². The van der Waals surface area contributed by atoms with Crippen LogP contribution in [0.2, 0.25) is 5.02 Å². The molecule has 6 heteroatoms. The van der Waals surface area contributed by atoms with E-state index in [2.05, 4.69) is 22.0 Å². The summed E-state index contributed by atoms with van der Waals surface area (Å²) in [5.74, 6) is 1.36. The third-order valence-corrected chi connectivity index (χ3v) is 4.22. The van der Waals surface area contributed by atoms with Crippen LogP contribution >= 0.6 is 11.6 Å². The van der Waals surface area contributed by atoms with Crippen LogP contribution < -0.4 is 0 Å². The van der Waals surface area contributed by atoms with Gasteiger partial charge in [-0.05, 0) is 24.5 Å². The van der Waals surface area contributed by atoms with Crippen LogP contribution in [0.15, 0.2) is 28.8 Å². The van der Waals surface area contributed by atoms with E-state index in [0.29, 0.717) is 23.3 Å². The first-order valence-electron chi connectivity index (χ1n) is 7.11. The Morgan fingerprint density at radius 1 is 1.43 bits per heavy atom. The molecular formula is C15H18ClN3O2. The van der Waals surface area contributed by atoms with Gasteiger partial charge in [0.2, 0.25) is 11.7 Å². The second-order valence-corrected chi connectivity index (χ2v) is 5.97. The van der Waals surface area contributed by atoms with Crippen molar-refractivity contribution in [1.29, 1.82) is 0 Å². The zero-order valence-corrected chi connectivity index (χ0v) is 12.6. The van der Waals surface area contributed by atoms with Crippen molar-refractivity contribution in [3.05, 3.63) is 35.2 Å².